The molecule has 1 aliphatic rings. The van der Waals surface area contributed by atoms with Gasteiger partial charge in [0.15, 0.2) is 0 Å². The summed E-state index contributed by atoms with van der Waals surface area (Å²) in [5.74, 6) is 0.303. The zero-order chi connectivity index (χ0) is 11.5. The fourth-order valence-corrected chi connectivity index (χ4v) is 2.51. The molecule has 5 nitrogen and oxygen atoms in total. The molecule has 0 radical (unpaired) electrons. The third kappa shape index (κ3) is 4.46. The van der Waals surface area contributed by atoms with Gasteiger partial charge in [-0.3, -0.25) is 0 Å². The van der Waals surface area contributed by atoms with Gasteiger partial charge in [0.05, 0.1) is 0 Å². The Morgan fingerprint density at radius 2 is 1.93 bits per heavy atom. The monoisotopic (exact) mass is 235 g/mol. The van der Waals surface area contributed by atoms with Crippen molar-refractivity contribution in [3.8, 4) is 0 Å². The van der Waals surface area contributed by atoms with E-state index in [1.54, 1.807) is 0 Å². The van der Waals surface area contributed by atoms with Crippen LogP contribution in [-0.4, -0.2) is 27.0 Å². The highest BCUT2D eigenvalue weighted by Gasteiger charge is 2.33. The van der Waals surface area contributed by atoms with Crippen molar-refractivity contribution >= 4 is 10.2 Å². The zero-order valence-electron chi connectivity index (χ0n) is 9.41. The molecular formula is C9H21N3O2S. The molecule has 1 fully saturated rings. The lowest BCUT2D eigenvalue weighted by Crippen LogP contribution is -2.56. The summed E-state index contributed by atoms with van der Waals surface area (Å²) >= 11 is 0. The van der Waals surface area contributed by atoms with Crippen molar-refractivity contribution in [3.05, 3.63) is 0 Å². The lowest BCUT2D eigenvalue weighted by atomic mass is 9.78. The van der Waals surface area contributed by atoms with Gasteiger partial charge in [-0.2, -0.15) is 8.42 Å². The Labute approximate surface area is 92.0 Å². The molecule has 0 heterocycles. The Morgan fingerprint density at radius 1 is 1.33 bits per heavy atom. The Kier molecular flexibility index (Phi) is 4.11. The van der Waals surface area contributed by atoms with E-state index in [4.69, 9.17) is 5.73 Å². The summed E-state index contributed by atoms with van der Waals surface area (Å²) in [4.78, 5) is 0. The van der Waals surface area contributed by atoms with E-state index in [0.717, 1.165) is 19.3 Å². The van der Waals surface area contributed by atoms with Crippen LogP contribution in [0.4, 0.5) is 0 Å². The number of hydrogen-bond acceptors (Lipinski definition) is 3. The molecule has 1 aliphatic carbocycles. The van der Waals surface area contributed by atoms with E-state index in [1.165, 1.54) is 0 Å². The van der Waals surface area contributed by atoms with Crippen LogP contribution in [0.5, 0.6) is 0 Å². The van der Waals surface area contributed by atoms with Crippen molar-refractivity contribution in [1.29, 1.82) is 0 Å². The van der Waals surface area contributed by atoms with Gasteiger partial charge in [0.25, 0.3) is 10.2 Å². The second-order valence-corrected chi connectivity index (χ2v) is 6.37. The largest absolute Gasteiger partial charge is 0.324 e. The van der Waals surface area contributed by atoms with Gasteiger partial charge in [0.1, 0.15) is 0 Å². The molecule has 0 aromatic heterocycles. The van der Waals surface area contributed by atoms with Gasteiger partial charge >= 0.3 is 0 Å². The molecule has 4 N–H and O–H groups in total. The topological polar surface area (TPSA) is 84.2 Å². The number of hydrogen-bond donors (Lipinski definition) is 3. The first kappa shape index (κ1) is 12.9. The lowest BCUT2D eigenvalue weighted by Gasteiger charge is -2.37. The Hall–Kier alpha value is -0.170. The van der Waals surface area contributed by atoms with Gasteiger partial charge < -0.3 is 5.73 Å². The predicted octanol–water partition coefficient (Wildman–Crippen LogP) is -0.0522. The van der Waals surface area contributed by atoms with E-state index in [1.807, 2.05) is 13.8 Å². The molecule has 0 aromatic rings. The fraction of sp³-hybridized carbons (Fsp3) is 1.00. The molecule has 1 rings (SSSR count). The number of nitrogens with one attached hydrogen (secondary N) is 2. The fourth-order valence-electron chi connectivity index (χ4n) is 1.37. The lowest BCUT2D eigenvalue weighted by molar-refractivity contribution is 0.250. The normalized spacial score (nSPS) is 20.3. The van der Waals surface area contributed by atoms with Crippen LogP contribution < -0.4 is 15.2 Å². The summed E-state index contributed by atoms with van der Waals surface area (Å²) in [7, 11) is -3.37. The van der Waals surface area contributed by atoms with Gasteiger partial charge in [-0.25, -0.2) is 9.44 Å². The maximum Gasteiger partial charge on any atom is 0.276 e. The van der Waals surface area contributed by atoms with Crippen molar-refractivity contribution in [3.63, 3.8) is 0 Å². The van der Waals surface area contributed by atoms with Gasteiger partial charge in [-0.05, 0) is 25.2 Å². The molecular weight excluding hydrogens is 214 g/mol. The van der Waals surface area contributed by atoms with Crippen LogP contribution in [-0.2, 0) is 10.2 Å². The summed E-state index contributed by atoms with van der Waals surface area (Å²) in [5.41, 5.74) is 5.60. The zero-order valence-corrected chi connectivity index (χ0v) is 10.2. The molecule has 6 heteroatoms. The Balaban J connectivity index is 2.29. The van der Waals surface area contributed by atoms with Crippen LogP contribution >= 0.6 is 0 Å². The Morgan fingerprint density at radius 3 is 2.33 bits per heavy atom. The van der Waals surface area contributed by atoms with Crippen LogP contribution in [0.2, 0.25) is 0 Å². The highest BCUT2D eigenvalue weighted by atomic mass is 32.2. The molecule has 0 saturated heterocycles. The molecule has 0 atom stereocenters. The van der Waals surface area contributed by atoms with Gasteiger partial charge in [0, 0.05) is 18.6 Å². The van der Waals surface area contributed by atoms with E-state index in [2.05, 4.69) is 9.44 Å². The van der Waals surface area contributed by atoms with Crippen LogP contribution in [0.1, 0.15) is 33.1 Å². The quantitative estimate of drug-likeness (QED) is 0.603. The van der Waals surface area contributed by atoms with E-state index in [0.29, 0.717) is 19.0 Å². The molecule has 0 spiro atoms. The first-order valence-electron chi connectivity index (χ1n) is 5.36. The molecule has 0 amide bonds. The second kappa shape index (κ2) is 4.78. The van der Waals surface area contributed by atoms with Crippen molar-refractivity contribution < 1.29 is 8.42 Å². The van der Waals surface area contributed by atoms with Crippen molar-refractivity contribution in [2.24, 2.45) is 11.7 Å². The average molecular weight is 235 g/mol. The van der Waals surface area contributed by atoms with Gasteiger partial charge in [0.2, 0.25) is 0 Å². The van der Waals surface area contributed by atoms with Crippen LogP contribution in [0, 0.1) is 5.92 Å². The van der Waals surface area contributed by atoms with Crippen LogP contribution in [0.25, 0.3) is 0 Å². The van der Waals surface area contributed by atoms with E-state index in [-0.39, 0.29) is 5.54 Å². The summed E-state index contributed by atoms with van der Waals surface area (Å²) in [5, 5.41) is 0. The molecule has 1 saturated carbocycles. The maximum atomic E-state index is 11.4. The number of rotatable bonds is 6. The molecule has 15 heavy (non-hydrogen) atoms. The maximum absolute atomic E-state index is 11.4. The molecule has 0 aromatic carbocycles. The van der Waals surface area contributed by atoms with E-state index < -0.39 is 10.2 Å². The molecule has 90 valence electrons. The molecule has 0 unspecified atom stereocenters. The number of nitrogens with two attached hydrogens (primary N) is 1. The Bertz CT molecular complexity index is 296. The molecule has 0 aliphatic heterocycles. The molecule has 0 bridgehead atoms. The highest BCUT2D eigenvalue weighted by Crippen LogP contribution is 2.28. The van der Waals surface area contributed by atoms with Crippen molar-refractivity contribution in [2.75, 3.05) is 13.1 Å². The summed E-state index contributed by atoms with van der Waals surface area (Å²) in [6.07, 6.45) is 2.90. The van der Waals surface area contributed by atoms with Gasteiger partial charge in [-0.1, -0.05) is 13.8 Å². The minimum Gasteiger partial charge on any atom is -0.324 e. The van der Waals surface area contributed by atoms with E-state index in [9.17, 15) is 8.42 Å². The SMILES string of the molecule is CC(C)CNS(=O)(=O)NCC1(N)CCC1. The second-order valence-electron chi connectivity index (χ2n) is 4.78. The standard InChI is InChI=1S/C9H21N3O2S/c1-8(2)6-11-15(13,14)12-7-9(10)4-3-5-9/h8,11-12H,3-7,10H2,1-2H3. The minimum atomic E-state index is -3.37. The average Bonchev–Trinajstić information content (AvgIpc) is 2.09. The summed E-state index contributed by atoms with van der Waals surface area (Å²) < 4.78 is 27.9. The summed E-state index contributed by atoms with van der Waals surface area (Å²) in [6, 6.07) is 0. The first-order chi connectivity index (χ1) is 6.83. The smallest absolute Gasteiger partial charge is 0.276 e. The van der Waals surface area contributed by atoms with E-state index >= 15 is 0 Å². The predicted molar refractivity (Wildman–Crippen MR) is 60.5 cm³/mol. The summed E-state index contributed by atoms with van der Waals surface area (Å²) in [6.45, 7) is 4.70. The van der Waals surface area contributed by atoms with Crippen molar-refractivity contribution in [1.82, 2.24) is 9.44 Å². The highest BCUT2D eigenvalue weighted by molar-refractivity contribution is 7.87. The van der Waals surface area contributed by atoms with Crippen LogP contribution in [0.3, 0.4) is 0 Å². The third-order valence-corrected chi connectivity index (χ3v) is 3.72. The van der Waals surface area contributed by atoms with Gasteiger partial charge in [-0.15, -0.1) is 0 Å². The van der Waals surface area contributed by atoms with Crippen LogP contribution in [0.15, 0.2) is 0 Å². The van der Waals surface area contributed by atoms with Crippen molar-refractivity contribution in [2.45, 2.75) is 38.6 Å². The first-order valence-corrected chi connectivity index (χ1v) is 6.84. The minimum absolute atomic E-state index is 0.303. The third-order valence-electron chi connectivity index (χ3n) is 2.65.